The third-order valence-electron chi connectivity index (χ3n) is 12.2. The fourth-order valence-corrected chi connectivity index (χ4v) is 9.38. The van der Waals surface area contributed by atoms with Crippen LogP contribution in [-0.4, -0.2) is 67.9 Å². The molecule has 0 bridgehead atoms. The van der Waals surface area contributed by atoms with E-state index in [2.05, 4.69) is 111 Å². The summed E-state index contributed by atoms with van der Waals surface area (Å²) in [5.41, 5.74) is 9.73. The average Bonchev–Trinajstić information content (AvgIpc) is 3.97. The molecule has 4 heterocycles. The van der Waals surface area contributed by atoms with Crippen molar-refractivity contribution in [1.82, 2.24) is 28.7 Å². The third kappa shape index (κ3) is 5.14. The van der Waals surface area contributed by atoms with Crippen molar-refractivity contribution < 1.29 is 0 Å². The number of aromatic nitrogens is 6. The Hall–Kier alpha value is -7.51. The van der Waals surface area contributed by atoms with E-state index in [9.17, 15) is 0 Å². The summed E-state index contributed by atoms with van der Waals surface area (Å²) < 4.78 is 6.48. The first kappa shape index (κ1) is 36.4. The normalized spacial score (nSPS) is 11.9. The van der Waals surface area contributed by atoms with E-state index < -0.39 is 0 Å². The Bertz CT molecular complexity index is 3790. The van der Waals surface area contributed by atoms with Crippen LogP contribution in [-0.2, 0) is 0 Å². The maximum Gasteiger partial charge on any atom is 0.238 e. The van der Waals surface area contributed by atoms with Gasteiger partial charge in [0.15, 0.2) is 11.6 Å². The zero-order valence-corrected chi connectivity index (χ0v) is 33.2. The minimum Gasteiger partial charge on any atom is -0.309 e. The van der Waals surface area contributed by atoms with E-state index in [1.807, 2.05) is 66.7 Å². The average molecular weight is 778 g/mol. The molecule has 12 rings (SSSR count). The molecule has 0 N–H and O–H groups in total. The quantitative estimate of drug-likeness (QED) is 0.189. The lowest BCUT2D eigenvalue weighted by atomic mass is 9.61. The van der Waals surface area contributed by atoms with Crippen LogP contribution >= 0.6 is 0 Å². The number of benzene rings is 8. The molecule has 12 aromatic rings. The Morgan fingerprint density at radius 3 is 1.47 bits per heavy atom. The van der Waals surface area contributed by atoms with Gasteiger partial charge < -0.3 is 9.13 Å². The summed E-state index contributed by atoms with van der Waals surface area (Å²) >= 11 is 0. The molecule has 10 radical (unpaired) electrons. The van der Waals surface area contributed by atoms with E-state index in [4.69, 9.17) is 54.2 Å². The maximum absolute atomic E-state index is 6.88. The van der Waals surface area contributed by atoms with Gasteiger partial charge in [-0.3, -0.25) is 4.57 Å². The molecule has 62 heavy (non-hydrogen) atoms. The minimum absolute atomic E-state index is 0.150. The van der Waals surface area contributed by atoms with Crippen LogP contribution in [0.4, 0.5) is 0 Å². The zero-order valence-electron chi connectivity index (χ0n) is 33.2. The minimum atomic E-state index is 0.150. The molecule has 8 aromatic carbocycles. The van der Waals surface area contributed by atoms with Gasteiger partial charge >= 0.3 is 0 Å². The Balaban J connectivity index is 1.24. The molecular weight excluding hydrogens is 751 g/mol. The summed E-state index contributed by atoms with van der Waals surface area (Å²) in [5.74, 6) is 1.49. The molecule has 0 saturated heterocycles. The maximum atomic E-state index is 6.88. The predicted molar refractivity (Wildman–Crippen MR) is 261 cm³/mol. The molecule has 0 unspecified atom stereocenters. The lowest BCUT2D eigenvalue weighted by molar-refractivity contribution is 0.954. The Kier molecular flexibility index (Phi) is 8.07. The van der Waals surface area contributed by atoms with Crippen LogP contribution in [0.2, 0.25) is 0 Å². The summed E-state index contributed by atoms with van der Waals surface area (Å²) in [7, 11) is 33.2. The molecule has 0 fully saturated rings. The molecule has 6 nitrogen and oxygen atoms in total. The van der Waals surface area contributed by atoms with Gasteiger partial charge in [0.1, 0.15) is 39.2 Å². The second kappa shape index (κ2) is 13.8. The van der Waals surface area contributed by atoms with Crippen LogP contribution in [0.3, 0.4) is 0 Å². The highest BCUT2D eigenvalue weighted by Crippen LogP contribution is 2.42. The van der Waals surface area contributed by atoms with Gasteiger partial charge in [-0.2, -0.15) is 9.97 Å². The van der Waals surface area contributed by atoms with Crippen molar-refractivity contribution in [1.29, 1.82) is 0 Å². The van der Waals surface area contributed by atoms with Crippen molar-refractivity contribution in [2.45, 2.75) is 0 Å². The van der Waals surface area contributed by atoms with Crippen LogP contribution in [0.1, 0.15) is 0 Å². The number of hydrogen-bond donors (Lipinski definition) is 0. The number of hydrogen-bond acceptors (Lipinski definition) is 3. The molecule has 11 heteroatoms. The molecule has 0 aliphatic heterocycles. The second-order valence-electron chi connectivity index (χ2n) is 15.5. The van der Waals surface area contributed by atoms with E-state index in [0.29, 0.717) is 23.3 Å². The largest absolute Gasteiger partial charge is 0.309 e. The van der Waals surface area contributed by atoms with Crippen LogP contribution < -0.4 is 27.3 Å². The van der Waals surface area contributed by atoms with Crippen LogP contribution in [0, 0.1) is 0 Å². The van der Waals surface area contributed by atoms with Crippen molar-refractivity contribution in [2.75, 3.05) is 0 Å². The van der Waals surface area contributed by atoms with Gasteiger partial charge in [0.05, 0.1) is 33.1 Å². The summed E-state index contributed by atoms with van der Waals surface area (Å²) in [6.07, 6.45) is 0. The van der Waals surface area contributed by atoms with Gasteiger partial charge in [0.2, 0.25) is 5.95 Å². The first-order valence-corrected chi connectivity index (χ1v) is 20.3. The molecule has 0 spiro atoms. The van der Waals surface area contributed by atoms with Crippen molar-refractivity contribution >= 4 is 132 Å². The fraction of sp³-hybridized carbons (Fsp3) is 0. The third-order valence-corrected chi connectivity index (χ3v) is 12.2. The lowest BCUT2D eigenvalue weighted by Crippen LogP contribution is -2.56. The van der Waals surface area contributed by atoms with Crippen molar-refractivity contribution in [3.63, 3.8) is 0 Å². The van der Waals surface area contributed by atoms with Crippen LogP contribution in [0.25, 0.3) is 106 Å². The number of nitrogens with zero attached hydrogens (tertiary/aromatic N) is 6. The molecule has 0 amide bonds. The summed E-state index contributed by atoms with van der Waals surface area (Å²) in [6, 6.07) is 55.9. The Morgan fingerprint density at radius 2 is 0.823 bits per heavy atom. The monoisotopic (exact) mass is 778 g/mol. The summed E-state index contributed by atoms with van der Waals surface area (Å²) in [4.78, 5) is 16.1. The first-order valence-electron chi connectivity index (χ1n) is 20.3. The van der Waals surface area contributed by atoms with E-state index in [0.717, 1.165) is 82.2 Å². The SMILES string of the molecule is [B]c1c([B])c([B])c(-n2c3ccccc3c3ccc4c5ccccc5n(-c5nc(-c6ccccc6)nc(-c6cccc7c6c6ccccc6n7-c6ccccc6)n5)c4c32)c([B])c1[B]. The highest BCUT2D eigenvalue weighted by molar-refractivity contribution is 6.68. The number of fused-ring (bicyclic) bond motifs is 10. The fourth-order valence-electron chi connectivity index (χ4n) is 9.38. The molecule has 4 aromatic heterocycles. The van der Waals surface area contributed by atoms with Crippen molar-refractivity contribution in [3.05, 3.63) is 164 Å². The van der Waals surface area contributed by atoms with E-state index in [-0.39, 0.29) is 27.3 Å². The van der Waals surface area contributed by atoms with Crippen LogP contribution in [0.15, 0.2) is 164 Å². The Morgan fingerprint density at radius 1 is 0.339 bits per heavy atom. The smallest absolute Gasteiger partial charge is 0.238 e. The predicted octanol–water partition coefficient (Wildman–Crippen LogP) is 6.47. The molecule has 0 aliphatic carbocycles. The number of para-hydroxylation sites is 4. The van der Waals surface area contributed by atoms with E-state index >= 15 is 0 Å². The first-order chi connectivity index (χ1) is 30.4. The van der Waals surface area contributed by atoms with Gasteiger partial charge in [-0.05, 0) is 36.4 Å². The molecule has 276 valence electrons. The second-order valence-corrected chi connectivity index (χ2v) is 15.5. The zero-order chi connectivity index (χ0) is 41.8. The lowest BCUT2D eigenvalue weighted by Gasteiger charge is -2.23. The Labute approximate surface area is 362 Å². The van der Waals surface area contributed by atoms with Gasteiger partial charge in [0.25, 0.3) is 0 Å². The van der Waals surface area contributed by atoms with E-state index in [1.165, 1.54) is 0 Å². The molecule has 0 aliphatic rings. The standard InChI is InChI=1S/C51H27B5N6/c52-41-42(53)44(55)48(45(56)43(41)54)61-36-22-10-7-18-30(36)32-26-27-33-31-19-8-11-23-37(31)62(47(33)46(32)61)51-58-49(28-14-3-1-4-15-28)57-50(59-51)35-21-13-25-39-40(35)34-20-9-12-24-38(34)60(39)29-16-5-2-6-17-29/h1-27H. The van der Waals surface area contributed by atoms with Crippen molar-refractivity contribution in [3.8, 4) is 40.1 Å². The van der Waals surface area contributed by atoms with E-state index in [1.54, 1.807) is 0 Å². The van der Waals surface area contributed by atoms with Gasteiger partial charge in [-0.15, -0.1) is 16.4 Å². The summed E-state index contributed by atoms with van der Waals surface area (Å²) in [5, 5.41) is 6.05. The molecule has 0 atom stereocenters. The highest BCUT2D eigenvalue weighted by Gasteiger charge is 2.26. The molecular formula is C51H27B5N6. The number of rotatable bonds is 5. The highest BCUT2D eigenvalue weighted by atomic mass is 15.2. The summed E-state index contributed by atoms with van der Waals surface area (Å²) in [6.45, 7) is 0. The molecule has 0 saturated carbocycles. The van der Waals surface area contributed by atoms with Gasteiger partial charge in [-0.25, -0.2) is 4.98 Å². The van der Waals surface area contributed by atoms with Crippen molar-refractivity contribution in [2.24, 2.45) is 0 Å². The van der Waals surface area contributed by atoms with Gasteiger partial charge in [-0.1, -0.05) is 138 Å². The van der Waals surface area contributed by atoms with Gasteiger partial charge in [0, 0.05) is 54.8 Å². The topological polar surface area (TPSA) is 53.5 Å². The van der Waals surface area contributed by atoms with Crippen LogP contribution in [0.5, 0.6) is 0 Å².